The fourth-order valence-corrected chi connectivity index (χ4v) is 4.03. The third-order valence-corrected chi connectivity index (χ3v) is 5.46. The summed E-state index contributed by atoms with van der Waals surface area (Å²) >= 11 is 0. The molecule has 2 aliphatic rings. The van der Waals surface area contributed by atoms with E-state index >= 15 is 0 Å². The number of aromatic nitrogens is 5. The number of fused-ring (bicyclic) bond motifs is 1. The van der Waals surface area contributed by atoms with Crippen LogP contribution in [0.15, 0.2) is 29.2 Å². The molecule has 0 saturated heterocycles. The van der Waals surface area contributed by atoms with Crippen LogP contribution in [0.2, 0.25) is 0 Å². The summed E-state index contributed by atoms with van der Waals surface area (Å²) < 4.78 is 7.42. The first-order valence-electron chi connectivity index (χ1n) is 7.95. The zero-order valence-electron chi connectivity index (χ0n) is 12.3. The molecule has 2 fully saturated rings. The third kappa shape index (κ3) is 1.79. The summed E-state index contributed by atoms with van der Waals surface area (Å²) in [4.78, 5) is 4.65. The normalized spacial score (nSPS) is 23.2. The van der Waals surface area contributed by atoms with E-state index in [2.05, 4.69) is 20.3 Å². The van der Waals surface area contributed by atoms with Crippen molar-refractivity contribution in [1.29, 1.82) is 0 Å². The van der Waals surface area contributed by atoms with E-state index in [-0.39, 0.29) is 0 Å². The number of hydrogen-bond donors (Lipinski definition) is 0. The van der Waals surface area contributed by atoms with Crippen molar-refractivity contribution in [1.82, 2.24) is 24.7 Å². The molecular weight excluding hydrogens is 278 g/mol. The Kier molecular flexibility index (Phi) is 2.45. The van der Waals surface area contributed by atoms with Gasteiger partial charge in [0.2, 0.25) is 11.7 Å². The van der Waals surface area contributed by atoms with Gasteiger partial charge in [-0.1, -0.05) is 11.6 Å². The van der Waals surface area contributed by atoms with Gasteiger partial charge in [0.15, 0.2) is 5.65 Å². The molecule has 0 bridgehead atoms. The standard InChI is InChI=1S/C16H17N5O/c1-5-16(6-1)7-4-11(8-16)15-18-14(20-22-15)12-2-3-13-19-17-10-21(13)9-12/h2-3,9-11H,1,4-8H2. The minimum atomic E-state index is 0.445. The van der Waals surface area contributed by atoms with Crippen LogP contribution in [-0.4, -0.2) is 24.7 Å². The Morgan fingerprint density at radius 1 is 1.23 bits per heavy atom. The highest BCUT2D eigenvalue weighted by Crippen LogP contribution is 2.57. The van der Waals surface area contributed by atoms with Gasteiger partial charge >= 0.3 is 0 Å². The minimum Gasteiger partial charge on any atom is -0.339 e. The second-order valence-corrected chi connectivity index (χ2v) is 6.76. The largest absolute Gasteiger partial charge is 0.339 e. The molecule has 2 saturated carbocycles. The van der Waals surface area contributed by atoms with Gasteiger partial charge < -0.3 is 4.52 Å². The highest BCUT2D eigenvalue weighted by Gasteiger charge is 2.45. The van der Waals surface area contributed by atoms with E-state index in [1.807, 2.05) is 22.7 Å². The first-order chi connectivity index (χ1) is 10.8. The summed E-state index contributed by atoms with van der Waals surface area (Å²) in [6, 6.07) is 3.87. The topological polar surface area (TPSA) is 69.1 Å². The first kappa shape index (κ1) is 12.3. The van der Waals surface area contributed by atoms with Crippen LogP contribution in [0.5, 0.6) is 0 Å². The average Bonchev–Trinajstić information content (AvgIpc) is 3.23. The molecule has 0 radical (unpaired) electrons. The zero-order valence-corrected chi connectivity index (χ0v) is 12.3. The maximum absolute atomic E-state index is 5.56. The van der Waals surface area contributed by atoms with Crippen LogP contribution in [0.3, 0.4) is 0 Å². The van der Waals surface area contributed by atoms with Crippen molar-refractivity contribution in [3.05, 3.63) is 30.5 Å². The molecule has 6 nitrogen and oxygen atoms in total. The van der Waals surface area contributed by atoms with Gasteiger partial charge in [0.05, 0.1) is 0 Å². The molecule has 22 heavy (non-hydrogen) atoms. The lowest BCUT2D eigenvalue weighted by atomic mass is 9.67. The lowest BCUT2D eigenvalue weighted by molar-refractivity contribution is 0.139. The van der Waals surface area contributed by atoms with E-state index < -0.39 is 0 Å². The lowest BCUT2D eigenvalue weighted by Crippen LogP contribution is -2.25. The van der Waals surface area contributed by atoms with Crippen molar-refractivity contribution < 1.29 is 4.52 Å². The van der Waals surface area contributed by atoms with Gasteiger partial charge in [-0.25, -0.2) is 0 Å². The van der Waals surface area contributed by atoms with Gasteiger partial charge in [0.25, 0.3) is 0 Å². The monoisotopic (exact) mass is 295 g/mol. The first-order valence-corrected chi connectivity index (χ1v) is 7.95. The maximum Gasteiger partial charge on any atom is 0.230 e. The van der Waals surface area contributed by atoms with Gasteiger partial charge in [-0.2, -0.15) is 4.98 Å². The predicted molar refractivity (Wildman–Crippen MR) is 79.2 cm³/mol. The summed E-state index contributed by atoms with van der Waals surface area (Å²) in [5.74, 6) is 1.91. The zero-order chi connectivity index (χ0) is 14.6. The summed E-state index contributed by atoms with van der Waals surface area (Å²) in [5.41, 5.74) is 2.34. The van der Waals surface area contributed by atoms with Crippen LogP contribution >= 0.6 is 0 Å². The molecule has 1 atom stereocenters. The molecule has 5 rings (SSSR count). The second kappa shape index (κ2) is 4.38. The SMILES string of the molecule is c1cc2nncn2cc1-c1noc(C2CCC3(CCC3)C2)n1. The molecule has 6 heteroatoms. The van der Waals surface area contributed by atoms with E-state index in [0.717, 1.165) is 17.1 Å². The summed E-state index contributed by atoms with van der Waals surface area (Å²) in [5, 5.41) is 12.1. The van der Waals surface area contributed by atoms with Crippen LogP contribution in [0.4, 0.5) is 0 Å². The molecule has 112 valence electrons. The molecule has 0 amide bonds. The molecule has 1 unspecified atom stereocenters. The van der Waals surface area contributed by atoms with E-state index in [0.29, 0.717) is 17.2 Å². The number of rotatable bonds is 2. The van der Waals surface area contributed by atoms with E-state index in [4.69, 9.17) is 4.52 Å². The predicted octanol–water partition coefficient (Wildman–Crippen LogP) is 3.22. The smallest absolute Gasteiger partial charge is 0.230 e. The third-order valence-electron chi connectivity index (χ3n) is 5.46. The van der Waals surface area contributed by atoms with Gasteiger partial charge in [-0.3, -0.25) is 4.40 Å². The van der Waals surface area contributed by atoms with Crippen molar-refractivity contribution >= 4 is 5.65 Å². The fraction of sp³-hybridized carbons (Fsp3) is 0.500. The Bertz CT molecular complexity index is 832. The lowest BCUT2D eigenvalue weighted by Gasteiger charge is -2.38. The Hall–Kier alpha value is -2.24. The highest BCUT2D eigenvalue weighted by atomic mass is 16.5. The van der Waals surface area contributed by atoms with Crippen molar-refractivity contribution in [3.8, 4) is 11.4 Å². The quantitative estimate of drug-likeness (QED) is 0.726. The van der Waals surface area contributed by atoms with Crippen LogP contribution in [-0.2, 0) is 0 Å². The number of nitrogens with zero attached hydrogens (tertiary/aromatic N) is 5. The molecule has 2 aliphatic carbocycles. The fourth-order valence-electron chi connectivity index (χ4n) is 4.03. The van der Waals surface area contributed by atoms with Gasteiger partial charge in [0, 0.05) is 17.7 Å². The molecule has 3 aromatic rings. The molecule has 0 aliphatic heterocycles. The van der Waals surface area contributed by atoms with E-state index in [1.54, 1.807) is 6.33 Å². The van der Waals surface area contributed by atoms with Crippen molar-refractivity contribution in [2.45, 2.75) is 44.4 Å². The Morgan fingerprint density at radius 2 is 2.18 bits per heavy atom. The van der Waals surface area contributed by atoms with Gasteiger partial charge in [-0.15, -0.1) is 10.2 Å². The molecule has 1 spiro atoms. The van der Waals surface area contributed by atoms with Crippen molar-refractivity contribution in [3.63, 3.8) is 0 Å². The summed E-state index contributed by atoms with van der Waals surface area (Å²) in [6.07, 6.45) is 11.5. The minimum absolute atomic E-state index is 0.445. The van der Waals surface area contributed by atoms with E-state index in [9.17, 15) is 0 Å². The molecule has 3 heterocycles. The summed E-state index contributed by atoms with van der Waals surface area (Å²) in [7, 11) is 0. The molecule has 3 aromatic heterocycles. The van der Waals surface area contributed by atoms with Crippen LogP contribution in [0.25, 0.3) is 17.0 Å². The number of hydrogen-bond acceptors (Lipinski definition) is 5. The Morgan fingerprint density at radius 3 is 3.00 bits per heavy atom. The molecule has 0 N–H and O–H groups in total. The Balaban J connectivity index is 1.43. The van der Waals surface area contributed by atoms with Crippen molar-refractivity contribution in [2.24, 2.45) is 5.41 Å². The van der Waals surface area contributed by atoms with Crippen molar-refractivity contribution in [2.75, 3.05) is 0 Å². The average molecular weight is 295 g/mol. The van der Waals surface area contributed by atoms with Gasteiger partial charge in [0.1, 0.15) is 6.33 Å². The van der Waals surface area contributed by atoms with Gasteiger partial charge in [-0.05, 0) is 49.7 Å². The van der Waals surface area contributed by atoms with Crippen LogP contribution in [0.1, 0.15) is 50.3 Å². The number of pyridine rings is 1. The van der Waals surface area contributed by atoms with Crippen LogP contribution in [0, 0.1) is 5.41 Å². The Labute approximate surface area is 127 Å². The van der Waals surface area contributed by atoms with E-state index in [1.165, 1.54) is 38.5 Å². The highest BCUT2D eigenvalue weighted by molar-refractivity contribution is 5.56. The molecular formula is C16H17N5O. The maximum atomic E-state index is 5.56. The van der Waals surface area contributed by atoms with Crippen LogP contribution < -0.4 is 0 Å². The molecule has 0 aromatic carbocycles. The summed E-state index contributed by atoms with van der Waals surface area (Å²) in [6.45, 7) is 0. The second-order valence-electron chi connectivity index (χ2n) is 6.76.